The lowest BCUT2D eigenvalue weighted by Crippen LogP contribution is -2.25. The molecule has 0 fully saturated rings. The molecule has 0 amide bonds. The molecule has 118 valence electrons. The zero-order valence-electron chi connectivity index (χ0n) is 11.3. The fraction of sp³-hybridized carbons (Fsp3) is 0.500. The number of hydrogen-bond donors (Lipinski definition) is 2. The summed E-state index contributed by atoms with van der Waals surface area (Å²) in [5.41, 5.74) is -0.453. The summed E-state index contributed by atoms with van der Waals surface area (Å²) < 4.78 is 27.1. The summed E-state index contributed by atoms with van der Waals surface area (Å²) >= 11 is 3.11. The number of nitrogens with zero attached hydrogens (tertiary/aromatic N) is 1. The molecule has 0 atom stereocenters. The Balaban J connectivity index is 2.74. The number of nitrogens with one attached hydrogen (secondary N) is 1. The quantitative estimate of drug-likeness (QED) is 0.387. The maximum absolute atomic E-state index is 12.1. The van der Waals surface area contributed by atoms with Crippen molar-refractivity contribution in [1.82, 2.24) is 4.72 Å². The first-order valence-corrected chi connectivity index (χ1v) is 8.70. The maximum atomic E-state index is 12.1. The number of aliphatic hydroxyl groups excluding tert-OH is 1. The van der Waals surface area contributed by atoms with Crippen LogP contribution in [-0.2, 0) is 10.0 Å². The van der Waals surface area contributed by atoms with E-state index in [0.29, 0.717) is 17.3 Å². The third-order valence-corrected chi connectivity index (χ3v) is 4.77. The zero-order valence-corrected chi connectivity index (χ0v) is 13.7. The van der Waals surface area contributed by atoms with E-state index in [1.165, 1.54) is 12.1 Å². The average Bonchev–Trinajstić information content (AvgIpc) is 2.42. The fourth-order valence-electron chi connectivity index (χ4n) is 1.73. The molecule has 0 heterocycles. The van der Waals surface area contributed by atoms with E-state index in [1.807, 2.05) is 0 Å². The summed E-state index contributed by atoms with van der Waals surface area (Å²) in [6.07, 6.45) is 2.89. The fourth-order valence-corrected chi connectivity index (χ4v) is 3.51. The summed E-state index contributed by atoms with van der Waals surface area (Å²) in [6, 6.07) is 3.79. The highest BCUT2D eigenvalue weighted by Crippen LogP contribution is 2.27. The number of halogens is 1. The van der Waals surface area contributed by atoms with E-state index in [-0.39, 0.29) is 18.0 Å². The van der Waals surface area contributed by atoms with Crippen molar-refractivity contribution in [2.75, 3.05) is 13.2 Å². The van der Waals surface area contributed by atoms with Gasteiger partial charge >= 0.3 is 0 Å². The summed E-state index contributed by atoms with van der Waals surface area (Å²) in [4.78, 5) is 9.83. The molecule has 2 N–H and O–H groups in total. The SMILES string of the molecule is O=[N+]([O-])c1ccc(Br)cc1S(=O)(=O)NCCCCCCO. The van der Waals surface area contributed by atoms with Crippen molar-refractivity contribution in [1.29, 1.82) is 0 Å². The molecule has 1 rings (SSSR count). The van der Waals surface area contributed by atoms with Gasteiger partial charge in [-0.1, -0.05) is 28.8 Å². The zero-order chi connectivity index (χ0) is 15.9. The number of aliphatic hydroxyl groups is 1. The van der Waals surface area contributed by atoms with Gasteiger partial charge in [-0.2, -0.15) is 0 Å². The second-order valence-corrected chi connectivity index (χ2v) is 7.06. The van der Waals surface area contributed by atoms with Crippen molar-refractivity contribution >= 4 is 31.6 Å². The van der Waals surface area contributed by atoms with Crippen LogP contribution in [-0.4, -0.2) is 31.6 Å². The number of nitro benzene ring substituents is 1. The minimum Gasteiger partial charge on any atom is -0.396 e. The van der Waals surface area contributed by atoms with Gasteiger partial charge in [-0.25, -0.2) is 13.1 Å². The minimum atomic E-state index is -3.92. The molecule has 1 aromatic rings. The van der Waals surface area contributed by atoms with Crippen molar-refractivity contribution < 1.29 is 18.4 Å². The lowest BCUT2D eigenvalue weighted by Gasteiger charge is -2.07. The molecule has 7 nitrogen and oxygen atoms in total. The van der Waals surface area contributed by atoms with Gasteiger partial charge in [-0.3, -0.25) is 10.1 Å². The van der Waals surface area contributed by atoms with E-state index in [1.54, 1.807) is 0 Å². The lowest BCUT2D eigenvalue weighted by atomic mass is 10.2. The molecule has 1 aromatic carbocycles. The Morgan fingerprint density at radius 1 is 1.24 bits per heavy atom. The third kappa shape index (κ3) is 5.70. The molecule has 0 bridgehead atoms. The van der Waals surface area contributed by atoms with Crippen molar-refractivity contribution in [3.05, 3.63) is 32.8 Å². The van der Waals surface area contributed by atoms with Gasteiger partial charge < -0.3 is 5.11 Å². The molecule has 0 aliphatic rings. The number of unbranched alkanes of at least 4 members (excludes halogenated alkanes) is 3. The smallest absolute Gasteiger partial charge is 0.289 e. The molecule has 0 radical (unpaired) electrons. The van der Waals surface area contributed by atoms with E-state index in [0.717, 1.165) is 18.9 Å². The first-order valence-electron chi connectivity index (χ1n) is 6.43. The average molecular weight is 381 g/mol. The van der Waals surface area contributed by atoms with Crippen LogP contribution < -0.4 is 4.72 Å². The predicted molar refractivity (Wildman–Crippen MR) is 81.5 cm³/mol. The summed E-state index contributed by atoms with van der Waals surface area (Å²) in [7, 11) is -3.92. The van der Waals surface area contributed by atoms with Crippen LogP contribution in [0, 0.1) is 10.1 Å². The van der Waals surface area contributed by atoms with Crippen molar-refractivity contribution in [2.45, 2.75) is 30.6 Å². The second-order valence-electron chi connectivity index (χ2n) is 4.40. The summed E-state index contributed by atoms with van der Waals surface area (Å²) in [6.45, 7) is 0.327. The Bertz CT molecular complexity index is 591. The Labute approximate surface area is 131 Å². The molecule has 0 unspecified atom stereocenters. The second kappa shape index (κ2) is 8.42. The number of nitro groups is 1. The van der Waals surface area contributed by atoms with Crippen molar-refractivity contribution in [2.24, 2.45) is 0 Å². The van der Waals surface area contributed by atoms with Crippen molar-refractivity contribution in [3.63, 3.8) is 0 Å². The van der Waals surface area contributed by atoms with Crippen LogP contribution in [0.5, 0.6) is 0 Å². The summed E-state index contributed by atoms with van der Waals surface area (Å²) in [5, 5.41) is 19.5. The van der Waals surface area contributed by atoms with Gasteiger partial charge in [0.15, 0.2) is 4.90 Å². The largest absolute Gasteiger partial charge is 0.396 e. The standard InChI is InChI=1S/C12H17BrN2O5S/c13-10-5-6-11(15(17)18)12(9-10)21(19,20)14-7-3-1-2-4-8-16/h5-6,9,14,16H,1-4,7-8H2. The number of hydrogen-bond acceptors (Lipinski definition) is 5. The maximum Gasteiger partial charge on any atom is 0.289 e. The highest BCUT2D eigenvalue weighted by molar-refractivity contribution is 9.10. The van der Waals surface area contributed by atoms with Crippen LogP contribution in [0.4, 0.5) is 5.69 Å². The van der Waals surface area contributed by atoms with Gasteiger partial charge in [0.05, 0.1) is 4.92 Å². The Hall–Kier alpha value is -1.03. The highest BCUT2D eigenvalue weighted by Gasteiger charge is 2.25. The Morgan fingerprint density at radius 2 is 1.90 bits per heavy atom. The van der Waals surface area contributed by atoms with E-state index in [2.05, 4.69) is 20.7 Å². The van der Waals surface area contributed by atoms with Crippen LogP contribution in [0.1, 0.15) is 25.7 Å². The molecule has 0 aliphatic heterocycles. The van der Waals surface area contributed by atoms with Crippen LogP contribution >= 0.6 is 15.9 Å². The molecule has 0 aliphatic carbocycles. The van der Waals surface area contributed by atoms with Crippen LogP contribution in [0.3, 0.4) is 0 Å². The number of rotatable bonds is 9. The minimum absolute atomic E-state index is 0.121. The molecule has 9 heteroatoms. The molecular formula is C12H17BrN2O5S. The van der Waals surface area contributed by atoms with Crippen LogP contribution in [0.2, 0.25) is 0 Å². The van der Waals surface area contributed by atoms with Gasteiger partial charge in [0.25, 0.3) is 5.69 Å². The monoisotopic (exact) mass is 380 g/mol. The van der Waals surface area contributed by atoms with Crippen LogP contribution in [0.15, 0.2) is 27.6 Å². The Morgan fingerprint density at radius 3 is 2.52 bits per heavy atom. The lowest BCUT2D eigenvalue weighted by molar-refractivity contribution is -0.387. The van der Waals surface area contributed by atoms with E-state index >= 15 is 0 Å². The van der Waals surface area contributed by atoms with E-state index in [4.69, 9.17) is 5.11 Å². The van der Waals surface area contributed by atoms with E-state index < -0.39 is 20.6 Å². The normalized spacial score (nSPS) is 11.5. The number of sulfonamides is 1. The molecule has 0 spiro atoms. The molecule has 0 saturated heterocycles. The molecular weight excluding hydrogens is 364 g/mol. The van der Waals surface area contributed by atoms with Gasteiger partial charge in [-0.05, 0) is 25.0 Å². The topological polar surface area (TPSA) is 110 Å². The van der Waals surface area contributed by atoms with Crippen molar-refractivity contribution in [3.8, 4) is 0 Å². The van der Waals surface area contributed by atoms with E-state index in [9.17, 15) is 18.5 Å². The molecule has 0 saturated carbocycles. The van der Waals surface area contributed by atoms with Gasteiger partial charge in [0.2, 0.25) is 10.0 Å². The first-order chi connectivity index (χ1) is 9.88. The van der Waals surface area contributed by atoms with Gasteiger partial charge in [0.1, 0.15) is 0 Å². The van der Waals surface area contributed by atoms with Crippen LogP contribution in [0.25, 0.3) is 0 Å². The van der Waals surface area contributed by atoms with Gasteiger partial charge in [0, 0.05) is 23.7 Å². The van der Waals surface area contributed by atoms with Gasteiger partial charge in [-0.15, -0.1) is 0 Å². The predicted octanol–water partition coefficient (Wildman–Crippen LogP) is 2.19. The third-order valence-electron chi connectivity index (χ3n) is 2.79. The Kier molecular flexibility index (Phi) is 7.23. The number of benzene rings is 1. The highest BCUT2D eigenvalue weighted by atomic mass is 79.9. The molecule has 0 aromatic heterocycles. The summed E-state index contributed by atoms with van der Waals surface area (Å²) in [5.74, 6) is 0. The first kappa shape index (κ1) is 18.0. The molecule has 21 heavy (non-hydrogen) atoms.